The zero-order valence-electron chi connectivity index (χ0n) is 30.9. The third-order valence-electron chi connectivity index (χ3n) is 13.0. The van der Waals surface area contributed by atoms with Gasteiger partial charge >= 0.3 is 0 Å². The zero-order chi connectivity index (χ0) is 36.2. The first kappa shape index (κ1) is 36.5. The number of aliphatic hydroxyl groups excluding tert-OH is 2. The molecule has 1 saturated heterocycles. The lowest BCUT2D eigenvalue weighted by molar-refractivity contribution is -0.183. The molecule has 51 heavy (non-hydrogen) atoms. The van der Waals surface area contributed by atoms with Crippen molar-refractivity contribution in [1.29, 1.82) is 0 Å². The third kappa shape index (κ3) is 6.78. The number of carbonyl (C=O) groups is 1. The summed E-state index contributed by atoms with van der Waals surface area (Å²) in [5, 5.41) is 27.1. The summed E-state index contributed by atoms with van der Waals surface area (Å²) in [4.78, 5) is 25.3. The van der Waals surface area contributed by atoms with E-state index in [1.54, 1.807) is 12.0 Å². The van der Waals surface area contributed by atoms with Crippen molar-refractivity contribution >= 4 is 17.5 Å². The van der Waals surface area contributed by atoms with Crippen LogP contribution in [0.2, 0.25) is 5.02 Å². The van der Waals surface area contributed by atoms with Gasteiger partial charge in [0.1, 0.15) is 12.1 Å². The van der Waals surface area contributed by atoms with Crippen LogP contribution in [0.25, 0.3) is 0 Å². The van der Waals surface area contributed by atoms with Gasteiger partial charge in [-0.05, 0) is 90.9 Å². The molecule has 3 aromatic carbocycles. The molecule has 274 valence electrons. The van der Waals surface area contributed by atoms with Crippen molar-refractivity contribution in [1.82, 2.24) is 20.2 Å². The average molecular weight is 715 g/mol. The molecule has 5 aliphatic rings. The summed E-state index contributed by atoms with van der Waals surface area (Å²) in [6.45, 7) is 10.2. The molecule has 10 atom stereocenters. The quantitative estimate of drug-likeness (QED) is 0.225. The molecule has 3 aromatic rings. The van der Waals surface area contributed by atoms with Crippen molar-refractivity contribution in [2.75, 3.05) is 20.7 Å². The SMILES string of the molecule is C[C@@H]1[C@@H](NC(=O)[C@@H]2[C@H]([C@H](C)O)[C@H](CO)ON2Cc2cccc(CN3Cc4c(Cl)cccc4C(N(C)C)[C@@H]3c3ccccc3)c2)C[C@H]2C[C@@H]1C2(C)C. The maximum atomic E-state index is 14.2. The molecule has 4 fully saturated rings. The fraction of sp³-hybridized carbons (Fsp3) is 0.548. The van der Waals surface area contributed by atoms with Crippen LogP contribution in [0.1, 0.15) is 80.4 Å². The van der Waals surface area contributed by atoms with E-state index in [9.17, 15) is 15.0 Å². The van der Waals surface area contributed by atoms with E-state index in [1.165, 1.54) is 17.5 Å². The Labute approximate surface area is 308 Å². The highest BCUT2D eigenvalue weighted by molar-refractivity contribution is 6.31. The summed E-state index contributed by atoms with van der Waals surface area (Å²) in [7, 11) is 4.27. The molecule has 2 bridgehead atoms. The first-order chi connectivity index (χ1) is 24.4. The van der Waals surface area contributed by atoms with Crippen molar-refractivity contribution in [3.05, 3.63) is 106 Å². The van der Waals surface area contributed by atoms with Gasteiger partial charge in [0.05, 0.1) is 31.3 Å². The van der Waals surface area contributed by atoms with Crippen molar-refractivity contribution in [3.8, 4) is 0 Å². The van der Waals surface area contributed by atoms with Crippen LogP contribution in [-0.4, -0.2) is 76.0 Å². The number of hydrogen-bond acceptors (Lipinski definition) is 7. The van der Waals surface area contributed by atoms with Crippen molar-refractivity contribution < 1.29 is 19.8 Å². The number of halogens is 1. The normalized spacial score (nSPS) is 32.3. The lowest BCUT2D eigenvalue weighted by Crippen LogP contribution is -2.62. The minimum absolute atomic E-state index is 0.0917. The number of rotatable bonds is 10. The van der Waals surface area contributed by atoms with E-state index in [4.69, 9.17) is 16.4 Å². The Bertz CT molecular complexity index is 1700. The van der Waals surface area contributed by atoms with Gasteiger partial charge in [0.2, 0.25) is 5.91 Å². The van der Waals surface area contributed by atoms with Crippen LogP contribution in [0.4, 0.5) is 0 Å². The Hall–Kier alpha value is -2.82. The average Bonchev–Trinajstić information content (AvgIpc) is 3.47. The van der Waals surface area contributed by atoms with Gasteiger partial charge in [0.15, 0.2) is 0 Å². The van der Waals surface area contributed by atoms with E-state index >= 15 is 0 Å². The summed E-state index contributed by atoms with van der Waals surface area (Å²) in [6.07, 6.45) is 0.697. The summed E-state index contributed by atoms with van der Waals surface area (Å²) in [6, 6.07) is 25.0. The number of carbonyl (C=O) groups excluding carboxylic acids is 1. The first-order valence-electron chi connectivity index (χ1n) is 18.7. The van der Waals surface area contributed by atoms with E-state index in [-0.39, 0.29) is 30.6 Å². The molecule has 0 radical (unpaired) electrons. The van der Waals surface area contributed by atoms with Gasteiger partial charge in [-0.15, -0.1) is 0 Å². The van der Waals surface area contributed by atoms with Gasteiger partial charge in [-0.3, -0.25) is 14.5 Å². The lowest BCUT2D eigenvalue weighted by atomic mass is 9.45. The van der Waals surface area contributed by atoms with E-state index in [1.807, 2.05) is 6.07 Å². The molecule has 1 amide bonds. The number of hydrogen-bond donors (Lipinski definition) is 3. The van der Waals surface area contributed by atoms with Crippen LogP contribution in [0, 0.1) is 29.1 Å². The van der Waals surface area contributed by atoms with Crippen LogP contribution in [0.5, 0.6) is 0 Å². The number of amides is 1. The van der Waals surface area contributed by atoms with Crippen LogP contribution in [0.15, 0.2) is 72.8 Å². The molecule has 8 rings (SSSR count). The van der Waals surface area contributed by atoms with Crippen LogP contribution in [-0.2, 0) is 29.3 Å². The topological polar surface area (TPSA) is 88.5 Å². The van der Waals surface area contributed by atoms with E-state index in [2.05, 4.69) is 117 Å². The molecule has 2 aliphatic heterocycles. The number of benzene rings is 3. The second-order valence-electron chi connectivity index (χ2n) is 16.5. The van der Waals surface area contributed by atoms with Gasteiger partial charge < -0.3 is 20.4 Å². The standard InChI is InChI=1S/C42H55ClN4O4/c1-25-33-19-30(42(33,3)4)20-35(25)44-41(50)40-37(26(2)49)36(24-48)51-47(40)22-28-13-10-12-27(18-28)21-46-23-32-31(16-11-17-34(32)43)39(45(5)6)38(46)29-14-8-7-9-15-29/h7-18,25-26,30,33,35-40,48-49H,19-24H2,1-6H3,(H,44,50)/t25-,26-,30+,33-,35-,36-,37+,38-,39?,40-/m0/s1. The lowest BCUT2D eigenvalue weighted by Gasteiger charge is -2.62. The van der Waals surface area contributed by atoms with Gasteiger partial charge in [0, 0.05) is 30.1 Å². The van der Waals surface area contributed by atoms with Gasteiger partial charge in [-0.1, -0.05) is 99.1 Å². The fourth-order valence-electron chi connectivity index (χ4n) is 10.2. The Morgan fingerprint density at radius 3 is 2.39 bits per heavy atom. The number of hydroxylamine groups is 2. The summed E-state index contributed by atoms with van der Waals surface area (Å²) < 4.78 is 0. The predicted molar refractivity (Wildman–Crippen MR) is 200 cm³/mol. The van der Waals surface area contributed by atoms with E-state index in [0.29, 0.717) is 42.8 Å². The highest BCUT2D eigenvalue weighted by Crippen LogP contribution is 2.61. The van der Waals surface area contributed by atoms with Crippen LogP contribution in [0.3, 0.4) is 0 Å². The molecule has 8 nitrogen and oxygen atoms in total. The molecule has 1 unspecified atom stereocenters. The largest absolute Gasteiger partial charge is 0.394 e. The number of likely N-dealkylation sites (N-methyl/N-ethyl adjacent to an activating group) is 1. The minimum atomic E-state index is -0.835. The maximum absolute atomic E-state index is 14.2. The van der Waals surface area contributed by atoms with Crippen molar-refractivity contribution in [3.63, 3.8) is 0 Å². The second-order valence-corrected chi connectivity index (χ2v) is 16.9. The molecule has 0 spiro atoms. The predicted octanol–water partition coefficient (Wildman–Crippen LogP) is 6.36. The van der Waals surface area contributed by atoms with Crippen molar-refractivity contribution in [2.24, 2.45) is 29.1 Å². The molecule has 3 aliphatic carbocycles. The number of nitrogens with zero attached hydrogens (tertiary/aromatic N) is 3. The smallest absolute Gasteiger partial charge is 0.240 e. The van der Waals surface area contributed by atoms with Crippen LogP contribution < -0.4 is 5.32 Å². The Balaban J connectivity index is 1.14. The van der Waals surface area contributed by atoms with Gasteiger partial charge in [0.25, 0.3) is 0 Å². The Kier molecular flexibility index (Phi) is 10.4. The third-order valence-corrected chi connectivity index (χ3v) is 13.4. The molecule has 9 heteroatoms. The van der Waals surface area contributed by atoms with Gasteiger partial charge in [-0.25, -0.2) is 0 Å². The summed E-state index contributed by atoms with van der Waals surface area (Å²) >= 11 is 6.85. The minimum Gasteiger partial charge on any atom is -0.394 e. The number of fused-ring (bicyclic) bond motifs is 3. The second kappa shape index (κ2) is 14.5. The molecule has 0 aromatic heterocycles. The molecule has 3 N–H and O–H groups in total. The molecular formula is C42H55ClN4O4. The molecular weight excluding hydrogens is 660 g/mol. The highest BCUT2D eigenvalue weighted by Gasteiger charge is 2.57. The van der Waals surface area contributed by atoms with Gasteiger partial charge in [-0.2, -0.15) is 5.06 Å². The number of nitrogens with one attached hydrogen (secondary N) is 1. The fourth-order valence-corrected chi connectivity index (χ4v) is 10.4. The van der Waals surface area contributed by atoms with Crippen molar-refractivity contribution in [2.45, 2.75) is 96.5 Å². The van der Waals surface area contributed by atoms with E-state index in [0.717, 1.165) is 28.1 Å². The molecule has 3 saturated carbocycles. The monoisotopic (exact) mass is 714 g/mol. The Morgan fingerprint density at radius 1 is 1.04 bits per heavy atom. The maximum Gasteiger partial charge on any atom is 0.240 e. The zero-order valence-corrected chi connectivity index (χ0v) is 31.6. The summed E-state index contributed by atoms with van der Waals surface area (Å²) in [5.74, 6) is 0.892. The summed E-state index contributed by atoms with van der Waals surface area (Å²) in [5.41, 5.74) is 6.13. The first-order valence-corrected chi connectivity index (χ1v) is 19.1. The highest BCUT2D eigenvalue weighted by atomic mass is 35.5. The number of aliphatic hydroxyl groups is 2. The van der Waals surface area contributed by atoms with Crippen LogP contribution >= 0.6 is 11.6 Å². The Morgan fingerprint density at radius 2 is 1.75 bits per heavy atom. The molecule has 2 heterocycles. The van der Waals surface area contributed by atoms with E-state index < -0.39 is 24.2 Å².